The van der Waals surface area contributed by atoms with Gasteiger partial charge in [0.05, 0.1) is 24.7 Å². The first-order valence-corrected chi connectivity index (χ1v) is 11.6. The number of aryl methyl sites for hydroxylation is 1. The quantitative estimate of drug-likeness (QED) is 0.391. The lowest BCUT2D eigenvalue weighted by atomic mass is 10.1. The third-order valence-electron chi connectivity index (χ3n) is 5.99. The van der Waals surface area contributed by atoms with Crippen LogP contribution in [0.3, 0.4) is 0 Å². The number of carbonyl (C=O) groups excluding carboxylic acids is 2. The Morgan fingerprint density at radius 1 is 1.24 bits per heavy atom. The number of H-pyrrole nitrogens is 1. The maximum atomic E-state index is 13.2. The molecule has 12 nitrogen and oxygen atoms in total. The van der Waals surface area contributed by atoms with Gasteiger partial charge in [-0.25, -0.2) is 4.68 Å². The van der Waals surface area contributed by atoms with E-state index in [0.29, 0.717) is 35.8 Å². The van der Waals surface area contributed by atoms with Crippen molar-refractivity contribution in [2.24, 2.45) is 0 Å². The molecule has 1 unspecified atom stereocenters. The highest BCUT2D eigenvalue weighted by atomic mass is 16.5. The van der Waals surface area contributed by atoms with E-state index in [9.17, 15) is 9.59 Å². The molecule has 1 aliphatic rings. The van der Waals surface area contributed by atoms with Crippen LogP contribution in [-0.4, -0.2) is 61.9 Å². The van der Waals surface area contributed by atoms with Crippen LogP contribution in [0.5, 0.6) is 5.75 Å². The first-order chi connectivity index (χ1) is 18.0. The minimum atomic E-state index is -0.913. The molecule has 1 atom stereocenters. The fourth-order valence-electron chi connectivity index (χ4n) is 4.08. The molecular formula is C25H23N9O3. The molecule has 0 radical (unpaired) electrons. The lowest BCUT2D eigenvalue weighted by Gasteiger charge is -2.20. The number of aromatic amines is 1. The number of fused-ring (bicyclic) bond motifs is 1. The van der Waals surface area contributed by atoms with E-state index in [2.05, 4.69) is 37.1 Å². The normalized spacial score (nSPS) is 14.9. The molecule has 5 rings (SSSR count). The molecule has 2 aromatic heterocycles. The number of rotatable bonds is 7. The van der Waals surface area contributed by atoms with Crippen LogP contribution >= 0.6 is 0 Å². The number of likely N-dealkylation sites (N-methyl/N-ethyl adjacent to an activating group) is 1. The van der Waals surface area contributed by atoms with Gasteiger partial charge in [-0.2, -0.15) is 10.4 Å². The number of hydrogen-bond acceptors (Lipinski definition) is 8. The predicted octanol–water partition coefficient (Wildman–Crippen LogP) is 1.72. The zero-order valence-electron chi connectivity index (χ0n) is 20.0. The topological polar surface area (TPSA) is 155 Å². The minimum Gasteiger partial charge on any atom is -0.489 e. The molecule has 37 heavy (non-hydrogen) atoms. The van der Waals surface area contributed by atoms with Crippen molar-refractivity contribution >= 4 is 17.5 Å². The monoisotopic (exact) mass is 497 g/mol. The van der Waals surface area contributed by atoms with E-state index in [1.165, 1.54) is 9.58 Å². The number of aromatic nitrogens is 6. The number of tetrazole rings is 1. The lowest BCUT2D eigenvalue weighted by Crippen LogP contribution is -2.49. The number of nitriles is 1. The summed E-state index contributed by atoms with van der Waals surface area (Å²) in [4.78, 5) is 27.6. The molecule has 3 heterocycles. The van der Waals surface area contributed by atoms with Crippen LogP contribution in [0.2, 0.25) is 0 Å². The van der Waals surface area contributed by atoms with Gasteiger partial charge in [0.1, 0.15) is 24.1 Å². The van der Waals surface area contributed by atoms with Crippen molar-refractivity contribution < 1.29 is 14.3 Å². The SMILES string of the molecule is CN1C(=O)C(NC(=O)c2cc(Cc3ccccc3)[nH]n2)COc2ccc(-c3nnnn3CCC#N)cc21. The predicted molar refractivity (Wildman–Crippen MR) is 131 cm³/mol. The zero-order valence-corrected chi connectivity index (χ0v) is 20.0. The van der Waals surface area contributed by atoms with E-state index in [1.54, 1.807) is 31.3 Å². The van der Waals surface area contributed by atoms with Crippen LogP contribution in [-0.2, 0) is 17.8 Å². The molecule has 0 saturated heterocycles. The first kappa shape index (κ1) is 23.7. The molecule has 4 aromatic rings. The minimum absolute atomic E-state index is 0.0392. The smallest absolute Gasteiger partial charge is 0.272 e. The number of carbonyl (C=O) groups is 2. The van der Waals surface area contributed by atoms with Crippen LogP contribution in [0.15, 0.2) is 54.6 Å². The number of hydrogen-bond donors (Lipinski definition) is 2. The Balaban J connectivity index is 1.30. The summed E-state index contributed by atoms with van der Waals surface area (Å²) in [6.07, 6.45) is 0.863. The first-order valence-electron chi connectivity index (χ1n) is 11.6. The van der Waals surface area contributed by atoms with Crippen molar-refractivity contribution in [2.75, 3.05) is 18.6 Å². The largest absolute Gasteiger partial charge is 0.489 e. The molecule has 0 bridgehead atoms. The fraction of sp³-hybridized carbons (Fsp3) is 0.240. The summed E-state index contributed by atoms with van der Waals surface area (Å²) in [6.45, 7) is 0.304. The van der Waals surface area contributed by atoms with Gasteiger partial charge in [0.15, 0.2) is 5.82 Å². The Hall–Kier alpha value is -5.05. The summed E-state index contributed by atoms with van der Waals surface area (Å²) >= 11 is 0. The summed E-state index contributed by atoms with van der Waals surface area (Å²) < 4.78 is 7.41. The van der Waals surface area contributed by atoms with E-state index in [1.807, 2.05) is 30.3 Å². The third kappa shape index (κ3) is 5.01. The summed E-state index contributed by atoms with van der Waals surface area (Å²) in [5.74, 6) is 0.137. The Bertz CT molecular complexity index is 1470. The van der Waals surface area contributed by atoms with Crippen molar-refractivity contribution in [3.8, 4) is 23.2 Å². The van der Waals surface area contributed by atoms with Gasteiger partial charge in [-0.1, -0.05) is 30.3 Å². The highest BCUT2D eigenvalue weighted by molar-refractivity contribution is 6.03. The van der Waals surface area contributed by atoms with E-state index in [-0.39, 0.29) is 24.6 Å². The summed E-state index contributed by atoms with van der Waals surface area (Å²) in [5, 5.41) is 30.3. The summed E-state index contributed by atoms with van der Waals surface area (Å²) in [6, 6.07) is 17.9. The molecule has 0 aliphatic carbocycles. The highest BCUT2D eigenvalue weighted by Gasteiger charge is 2.31. The van der Waals surface area contributed by atoms with Crippen LogP contribution < -0.4 is 15.0 Å². The number of nitrogens with one attached hydrogen (secondary N) is 2. The average Bonchev–Trinajstić information content (AvgIpc) is 3.57. The number of anilines is 1. The van der Waals surface area contributed by atoms with Crippen molar-refractivity contribution in [1.82, 2.24) is 35.7 Å². The van der Waals surface area contributed by atoms with Crippen molar-refractivity contribution in [2.45, 2.75) is 25.4 Å². The molecule has 0 fully saturated rings. The second-order valence-corrected chi connectivity index (χ2v) is 8.49. The van der Waals surface area contributed by atoms with E-state index < -0.39 is 11.9 Å². The fourth-order valence-corrected chi connectivity index (χ4v) is 4.08. The van der Waals surface area contributed by atoms with E-state index in [0.717, 1.165) is 11.3 Å². The zero-order chi connectivity index (χ0) is 25.8. The lowest BCUT2D eigenvalue weighted by molar-refractivity contribution is -0.120. The summed E-state index contributed by atoms with van der Waals surface area (Å²) in [7, 11) is 1.62. The molecule has 12 heteroatoms. The average molecular weight is 498 g/mol. The van der Waals surface area contributed by atoms with Gasteiger partial charge in [0, 0.05) is 24.7 Å². The van der Waals surface area contributed by atoms with Crippen molar-refractivity contribution in [3.05, 3.63) is 71.5 Å². The highest BCUT2D eigenvalue weighted by Crippen LogP contribution is 2.34. The third-order valence-corrected chi connectivity index (χ3v) is 5.99. The summed E-state index contributed by atoms with van der Waals surface area (Å²) in [5.41, 5.74) is 3.24. The van der Waals surface area contributed by atoms with Gasteiger partial charge >= 0.3 is 0 Å². The van der Waals surface area contributed by atoms with Gasteiger partial charge in [-0.05, 0) is 40.3 Å². The van der Waals surface area contributed by atoms with Gasteiger partial charge in [0.2, 0.25) is 0 Å². The molecule has 0 saturated carbocycles. The van der Waals surface area contributed by atoms with E-state index in [4.69, 9.17) is 10.00 Å². The number of nitrogens with zero attached hydrogens (tertiary/aromatic N) is 7. The molecule has 2 aromatic carbocycles. The molecule has 186 valence electrons. The number of benzene rings is 2. The number of ether oxygens (including phenoxy) is 1. The molecule has 2 N–H and O–H groups in total. The Labute approximate surface area is 211 Å². The Morgan fingerprint density at radius 2 is 2.08 bits per heavy atom. The maximum absolute atomic E-state index is 13.2. The van der Waals surface area contributed by atoms with Gasteiger partial charge in [-0.15, -0.1) is 5.10 Å². The van der Waals surface area contributed by atoms with Gasteiger partial charge in [0.25, 0.3) is 11.8 Å². The molecule has 2 amide bonds. The van der Waals surface area contributed by atoms with Crippen LogP contribution in [0, 0.1) is 11.3 Å². The van der Waals surface area contributed by atoms with Crippen LogP contribution in [0.1, 0.15) is 28.2 Å². The van der Waals surface area contributed by atoms with Crippen molar-refractivity contribution in [3.63, 3.8) is 0 Å². The second kappa shape index (κ2) is 10.3. The van der Waals surface area contributed by atoms with Gasteiger partial charge < -0.3 is 15.0 Å². The van der Waals surface area contributed by atoms with Crippen LogP contribution in [0.4, 0.5) is 5.69 Å². The maximum Gasteiger partial charge on any atom is 0.272 e. The van der Waals surface area contributed by atoms with Crippen LogP contribution in [0.25, 0.3) is 11.4 Å². The Morgan fingerprint density at radius 3 is 2.89 bits per heavy atom. The molecule has 1 aliphatic heterocycles. The standard InChI is InChI=1S/C25H23N9O3/c1-33-21-13-17(23-30-31-32-34(23)11-5-10-26)8-9-22(21)37-15-20(25(33)36)27-24(35)19-14-18(28-29-19)12-16-6-3-2-4-7-16/h2-4,6-9,13-14,20H,5,11-12,15H2,1H3,(H,27,35)(H,28,29). The molecular weight excluding hydrogens is 474 g/mol. The van der Waals surface area contributed by atoms with E-state index >= 15 is 0 Å². The molecule has 0 spiro atoms. The second-order valence-electron chi connectivity index (χ2n) is 8.49. The number of amides is 2. The van der Waals surface area contributed by atoms with Gasteiger partial charge in [-0.3, -0.25) is 14.7 Å². The Kier molecular flexibility index (Phi) is 6.58. The van der Waals surface area contributed by atoms with Crippen molar-refractivity contribution in [1.29, 1.82) is 5.26 Å².